The number of rotatable bonds is 13. The minimum Gasteiger partial charge on any atom is -0.497 e. The largest absolute Gasteiger partial charge is 0.497 e. The van der Waals surface area contributed by atoms with Crippen LogP contribution in [0.25, 0.3) is 0 Å². The molecule has 0 aromatic heterocycles. The van der Waals surface area contributed by atoms with Gasteiger partial charge in [0.25, 0.3) is 8.32 Å². The van der Waals surface area contributed by atoms with Gasteiger partial charge in [-0.05, 0) is 72.6 Å². The summed E-state index contributed by atoms with van der Waals surface area (Å²) in [7, 11) is -1.19. The smallest absolute Gasteiger partial charge is 0.330 e. The molecule has 0 amide bonds. The van der Waals surface area contributed by atoms with Crippen molar-refractivity contribution < 1.29 is 37.6 Å². The molecule has 0 unspecified atom stereocenters. The third kappa shape index (κ3) is 9.99. The lowest BCUT2D eigenvalue weighted by atomic mass is 9.90. The highest BCUT2D eigenvalue weighted by Gasteiger charge is 2.53. The summed E-state index contributed by atoms with van der Waals surface area (Å²) in [5, 5.41) is 2.37. The summed E-state index contributed by atoms with van der Waals surface area (Å²) in [6, 6.07) is 29.1. The maximum Gasteiger partial charge on any atom is 0.330 e. The lowest BCUT2D eigenvalue weighted by molar-refractivity contribution is -0.185. The molecule has 3 aliphatic rings. The highest BCUT2D eigenvalue weighted by molar-refractivity contribution is 6.99. The third-order valence-corrected chi connectivity index (χ3v) is 15.8. The van der Waals surface area contributed by atoms with Crippen molar-refractivity contribution >= 4 is 24.7 Å². The fraction of sp³-hybridized carbons (Fsp3) is 0.489. The highest BCUT2D eigenvalue weighted by atomic mass is 28.4. The Labute approximate surface area is 322 Å². The first kappa shape index (κ1) is 40.1. The second kappa shape index (κ2) is 17.5. The molecular weight excluding hydrogens is 697 g/mol. The molecule has 0 spiro atoms. The van der Waals surface area contributed by atoms with Crippen LogP contribution in [0.5, 0.6) is 5.75 Å². The Morgan fingerprint density at radius 3 is 2.11 bits per heavy atom. The van der Waals surface area contributed by atoms with Crippen LogP contribution in [0.1, 0.15) is 78.7 Å². The molecule has 0 aliphatic carbocycles. The molecule has 0 bridgehead atoms. The van der Waals surface area contributed by atoms with Gasteiger partial charge in [0.1, 0.15) is 18.5 Å². The number of hydrogen-bond acceptors (Lipinski definition) is 8. The van der Waals surface area contributed by atoms with Gasteiger partial charge in [-0.15, -0.1) is 0 Å². The van der Waals surface area contributed by atoms with Crippen molar-refractivity contribution in [2.45, 2.75) is 127 Å². The van der Waals surface area contributed by atoms with E-state index in [1.54, 1.807) is 7.11 Å². The molecule has 3 aromatic rings. The molecule has 3 aromatic carbocycles. The van der Waals surface area contributed by atoms with E-state index >= 15 is 0 Å². The average molecular weight is 755 g/mol. The Balaban J connectivity index is 1.15. The quantitative estimate of drug-likeness (QED) is 0.0757. The van der Waals surface area contributed by atoms with Crippen molar-refractivity contribution in [1.82, 2.24) is 0 Å². The van der Waals surface area contributed by atoms with Gasteiger partial charge in [-0.1, -0.05) is 112 Å². The number of carbonyl (C=O) groups is 1. The summed E-state index contributed by atoms with van der Waals surface area (Å²) in [5.41, 5.74) is 2.04. The van der Waals surface area contributed by atoms with Crippen LogP contribution in [0.3, 0.4) is 0 Å². The van der Waals surface area contributed by atoms with Crippen molar-refractivity contribution in [2.75, 3.05) is 13.7 Å². The average Bonchev–Trinajstić information content (AvgIpc) is 3.52. The van der Waals surface area contributed by atoms with E-state index in [9.17, 15) is 4.79 Å². The molecule has 9 heteroatoms. The van der Waals surface area contributed by atoms with E-state index in [-0.39, 0.29) is 54.2 Å². The molecule has 3 aliphatic heterocycles. The molecule has 3 fully saturated rings. The maximum absolute atomic E-state index is 12.5. The molecule has 3 heterocycles. The van der Waals surface area contributed by atoms with Crippen LogP contribution in [0.4, 0.5) is 0 Å². The van der Waals surface area contributed by atoms with Crippen LogP contribution < -0.4 is 15.1 Å². The SMILES string of the molecule is C=C1C[C@H](C[C@@H]2C[C@H](O[Si](c3ccccc3)(c3ccccc3)C(C)(C)C)C[C@H]([C@@H]3COC(C)(C)O3)O2)O[C@@H](C/C=C\C(=O)OCc2ccc(OC)cc2)C1. The molecule has 0 N–H and O–H groups in total. The van der Waals surface area contributed by atoms with E-state index in [4.69, 9.17) is 32.8 Å². The minimum atomic E-state index is -2.82. The molecule has 0 radical (unpaired) electrons. The summed E-state index contributed by atoms with van der Waals surface area (Å²) in [5.74, 6) is -0.286. The molecular formula is C45H58O8Si. The van der Waals surface area contributed by atoms with Crippen molar-refractivity contribution in [3.63, 3.8) is 0 Å². The zero-order valence-electron chi connectivity index (χ0n) is 32.8. The van der Waals surface area contributed by atoms with Crippen LogP contribution in [0, 0.1) is 0 Å². The molecule has 3 saturated heterocycles. The summed E-state index contributed by atoms with van der Waals surface area (Å²) in [6.45, 7) is 15.9. The Bertz CT molecular complexity index is 1660. The van der Waals surface area contributed by atoms with Gasteiger partial charge in [0.05, 0.1) is 44.2 Å². The fourth-order valence-electron chi connectivity index (χ4n) is 8.24. The maximum atomic E-state index is 12.5. The second-order valence-electron chi connectivity index (χ2n) is 16.4. The molecule has 0 saturated carbocycles. The number of esters is 1. The van der Waals surface area contributed by atoms with Crippen LogP contribution in [0.2, 0.25) is 5.04 Å². The summed E-state index contributed by atoms with van der Waals surface area (Å²) in [6.07, 6.45) is 6.88. The van der Waals surface area contributed by atoms with E-state index in [0.717, 1.165) is 36.1 Å². The van der Waals surface area contributed by atoms with Crippen LogP contribution in [0.15, 0.2) is 109 Å². The molecule has 6 atom stereocenters. The van der Waals surface area contributed by atoms with Crippen molar-refractivity contribution in [3.8, 4) is 5.75 Å². The van der Waals surface area contributed by atoms with E-state index in [1.165, 1.54) is 16.4 Å². The Kier molecular flexibility index (Phi) is 13.0. The lowest BCUT2D eigenvalue weighted by Gasteiger charge is -2.48. The zero-order valence-corrected chi connectivity index (χ0v) is 33.8. The molecule has 54 heavy (non-hydrogen) atoms. The number of methoxy groups -OCH3 is 1. The second-order valence-corrected chi connectivity index (χ2v) is 20.7. The topological polar surface area (TPSA) is 81.7 Å². The predicted octanol–water partition coefficient (Wildman–Crippen LogP) is 7.82. The van der Waals surface area contributed by atoms with E-state index in [0.29, 0.717) is 25.9 Å². The molecule has 8 nitrogen and oxygen atoms in total. The standard InChI is InChI=1S/C45H58O8Si/c1-32-25-35(15-14-20-43(46)48-30-33-21-23-34(47-7)24-22-33)50-36(26-32)27-37-28-38(29-41(51-37)42-31-49-45(5,6)52-42)53-54(44(2,3)4,39-16-10-8-11-17-39)40-18-12-9-13-19-40/h8-14,16-24,35-38,41-42H,1,15,25-31H2,2-7H3/b20-14-/t35-,36+,37+,38-,41+,42-/m0/s1. The Morgan fingerprint density at radius 2 is 1.52 bits per heavy atom. The number of ether oxygens (including phenoxy) is 6. The van der Waals surface area contributed by atoms with Gasteiger partial charge in [0, 0.05) is 18.9 Å². The Hall–Kier alpha value is -3.57. The van der Waals surface area contributed by atoms with Gasteiger partial charge < -0.3 is 32.8 Å². The van der Waals surface area contributed by atoms with Crippen molar-refractivity contribution in [3.05, 3.63) is 115 Å². The third-order valence-electron chi connectivity index (χ3n) is 10.7. The summed E-state index contributed by atoms with van der Waals surface area (Å²) < 4.78 is 44.4. The first-order chi connectivity index (χ1) is 25.8. The Morgan fingerprint density at radius 1 is 0.870 bits per heavy atom. The van der Waals surface area contributed by atoms with Crippen LogP contribution in [-0.2, 0) is 39.5 Å². The monoisotopic (exact) mass is 754 g/mol. The van der Waals surface area contributed by atoms with Gasteiger partial charge in [0.15, 0.2) is 5.79 Å². The van der Waals surface area contributed by atoms with Gasteiger partial charge in [0.2, 0.25) is 0 Å². The fourth-order valence-corrected chi connectivity index (χ4v) is 12.9. The molecule has 290 valence electrons. The van der Waals surface area contributed by atoms with Crippen LogP contribution >= 0.6 is 0 Å². The van der Waals surface area contributed by atoms with E-state index < -0.39 is 14.1 Å². The zero-order chi connectivity index (χ0) is 38.3. The van der Waals surface area contributed by atoms with E-state index in [1.807, 2.05) is 44.2 Å². The summed E-state index contributed by atoms with van der Waals surface area (Å²) >= 11 is 0. The summed E-state index contributed by atoms with van der Waals surface area (Å²) in [4.78, 5) is 12.5. The van der Waals surface area contributed by atoms with E-state index in [2.05, 4.69) is 88.0 Å². The van der Waals surface area contributed by atoms with Gasteiger partial charge in [-0.25, -0.2) is 4.79 Å². The van der Waals surface area contributed by atoms with Crippen LogP contribution in [-0.4, -0.2) is 70.4 Å². The predicted molar refractivity (Wildman–Crippen MR) is 213 cm³/mol. The van der Waals surface area contributed by atoms with Gasteiger partial charge >= 0.3 is 5.97 Å². The normalized spacial score (nSPS) is 26.1. The first-order valence-corrected chi connectivity index (χ1v) is 21.3. The van der Waals surface area contributed by atoms with Gasteiger partial charge in [-0.3, -0.25) is 0 Å². The first-order valence-electron chi connectivity index (χ1n) is 19.4. The molecule has 6 rings (SSSR count). The van der Waals surface area contributed by atoms with Crippen molar-refractivity contribution in [2.24, 2.45) is 0 Å². The van der Waals surface area contributed by atoms with Gasteiger partial charge in [-0.2, -0.15) is 0 Å². The number of hydrogen-bond donors (Lipinski definition) is 0. The van der Waals surface area contributed by atoms with Crippen molar-refractivity contribution in [1.29, 1.82) is 0 Å². The number of carbonyl (C=O) groups excluding carboxylic acids is 1. The highest BCUT2D eigenvalue weighted by Crippen LogP contribution is 2.41. The number of benzene rings is 3. The lowest BCUT2D eigenvalue weighted by Crippen LogP contribution is -2.68. The minimum absolute atomic E-state index is 0.0678.